The number of rotatable bonds is 6. The Labute approximate surface area is 318 Å². The van der Waals surface area contributed by atoms with Gasteiger partial charge in [0.15, 0.2) is 11.4 Å². The van der Waals surface area contributed by atoms with Gasteiger partial charge in [-0.05, 0) is 50.4 Å². The van der Waals surface area contributed by atoms with E-state index in [1.165, 1.54) is 12.5 Å². The number of nitrogens with zero attached hydrogens (tertiary/aromatic N) is 2. The van der Waals surface area contributed by atoms with Crippen molar-refractivity contribution < 1.29 is 38.1 Å². The number of esters is 2. The fourth-order valence-corrected chi connectivity index (χ4v) is 6.34. The highest BCUT2D eigenvalue weighted by atomic mass is 16.6. The Morgan fingerprint density at radius 2 is 1.04 bits per heavy atom. The average molecular weight is 739 g/mol. The van der Waals surface area contributed by atoms with Crippen LogP contribution in [0.4, 0.5) is 0 Å². The second-order valence-corrected chi connectivity index (χ2v) is 15.5. The summed E-state index contributed by atoms with van der Waals surface area (Å²) in [4.78, 5) is 35.2. The van der Waals surface area contributed by atoms with E-state index in [9.17, 15) is 19.8 Å². The van der Waals surface area contributed by atoms with Gasteiger partial charge in [-0.15, -0.1) is 0 Å². The van der Waals surface area contributed by atoms with Gasteiger partial charge in [-0.25, -0.2) is 19.6 Å². The molecule has 288 valence electrons. The van der Waals surface area contributed by atoms with Gasteiger partial charge in [-0.2, -0.15) is 0 Å². The summed E-state index contributed by atoms with van der Waals surface area (Å²) in [5.41, 5.74) is -1.45. The Balaban J connectivity index is 1.35. The van der Waals surface area contributed by atoms with Gasteiger partial charge < -0.3 is 28.5 Å². The monoisotopic (exact) mass is 738 g/mol. The van der Waals surface area contributed by atoms with Crippen LogP contribution in [0.5, 0.6) is 0 Å². The summed E-state index contributed by atoms with van der Waals surface area (Å²) < 4.78 is 23.0. The number of cyclic esters (lactones) is 2. The lowest BCUT2D eigenvalue weighted by Gasteiger charge is -2.36. The predicted octanol–water partition coefficient (Wildman–Crippen LogP) is 8.66. The van der Waals surface area contributed by atoms with Gasteiger partial charge >= 0.3 is 11.9 Å². The van der Waals surface area contributed by atoms with Crippen LogP contribution < -0.4 is 0 Å². The first-order chi connectivity index (χ1) is 25.8. The fraction of sp³-hybridized carbons (Fsp3) is 0.455. The molecular formula is C44H54N2O8. The van der Waals surface area contributed by atoms with Crippen molar-refractivity contribution >= 4 is 24.1 Å². The molecule has 54 heavy (non-hydrogen) atoms. The predicted molar refractivity (Wildman–Crippen MR) is 208 cm³/mol. The van der Waals surface area contributed by atoms with Crippen molar-refractivity contribution in [2.24, 2.45) is 34.5 Å². The highest BCUT2D eigenvalue weighted by molar-refractivity contribution is 5.87. The van der Waals surface area contributed by atoms with Crippen LogP contribution in [0.3, 0.4) is 0 Å². The smallest absolute Gasteiger partial charge is 0.360 e. The van der Waals surface area contributed by atoms with Crippen LogP contribution in [0.1, 0.15) is 100.0 Å². The van der Waals surface area contributed by atoms with Gasteiger partial charge in [0.25, 0.3) is 0 Å². The number of ether oxygens (including phenoxy) is 2. The van der Waals surface area contributed by atoms with E-state index in [1.54, 1.807) is 36.5 Å². The summed E-state index contributed by atoms with van der Waals surface area (Å²) in [7, 11) is 0. The molecule has 1 unspecified atom stereocenters. The molecule has 10 nitrogen and oxygen atoms in total. The second kappa shape index (κ2) is 18.0. The molecule has 5 rings (SSSR count). The number of aromatic nitrogens is 2. The van der Waals surface area contributed by atoms with Crippen molar-refractivity contribution in [1.82, 2.24) is 9.97 Å². The van der Waals surface area contributed by atoms with E-state index in [1.807, 2.05) is 78.0 Å². The summed E-state index contributed by atoms with van der Waals surface area (Å²) >= 11 is 0. The molecule has 4 bridgehead atoms. The molecule has 8 atom stereocenters. The molecule has 2 aromatic heterocycles. The minimum atomic E-state index is -0.833. The van der Waals surface area contributed by atoms with Crippen molar-refractivity contribution in [3.63, 3.8) is 0 Å². The van der Waals surface area contributed by atoms with E-state index in [4.69, 9.17) is 18.3 Å². The summed E-state index contributed by atoms with van der Waals surface area (Å²) in [6.07, 6.45) is 32.7. The number of hydrogen-bond acceptors (Lipinski definition) is 10. The van der Waals surface area contributed by atoms with Crippen molar-refractivity contribution in [2.75, 3.05) is 0 Å². The molecule has 2 aromatic rings. The number of aliphatic hydroxyl groups excluding tert-OH is 2. The Morgan fingerprint density at radius 1 is 0.648 bits per heavy atom. The zero-order valence-corrected chi connectivity index (χ0v) is 32.1. The first-order valence-electron chi connectivity index (χ1n) is 18.8. The zero-order valence-electron chi connectivity index (χ0n) is 32.1. The number of fused-ring (bicyclic) bond motifs is 6. The van der Waals surface area contributed by atoms with Crippen LogP contribution in [0.15, 0.2) is 106 Å². The molecule has 0 saturated heterocycles. The quantitative estimate of drug-likeness (QED) is 0.218. The highest BCUT2D eigenvalue weighted by Crippen LogP contribution is 2.42. The molecule has 3 aliphatic rings. The molecule has 0 spiro atoms. The van der Waals surface area contributed by atoms with Gasteiger partial charge in [0.1, 0.15) is 24.7 Å². The van der Waals surface area contributed by atoms with Crippen molar-refractivity contribution in [2.45, 2.75) is 91.6 Å². The molecule has 2 saturated carbocycles. The third-order valence-electron chi connectivity index (χ3n) is 10.6. The van der Waals surface area contributed by atoms with Crippen molar-refractivity contribution in [3.05, 3.63) is 121 Å². The second-order valence-electron chi connectivity index (χ2n) is 15.5. The molecule has 1 aliphatic heterocycles. The van der Waals surface area contributed by atoms with Crippen LogP contribution in [0, 0.1) is 34.5 Å². The minimum absolute atomic E-state index is 0.0582. The lowest BCUT2D eigenvalue weighted by atomic mass is 9.79. The number of oxazole rings is 2. The highest BCUT2D eigenvalue weighted by Gasteiger charge is 2.40. The van der Waals surface area contributed by atoms with Gasteiger partial charge in [0.05, 0.1) is 12.2 Å². The third-order valence-corrected chi connectivity index (χ3v) is 10.6. The molecule has 0 amide bonds. The summed E-state index contributed by atoms with van der Waals surface area (Å²) in [5.74, 6) is 0.676. The van der Waals surface area contributed by atoms with Crippen molar-refractivity contribution in [1.29, 1.82) is 0 Å². The minimum Gasteiger partial charge on any atom is -0.457 e. The van der Waals surface area contributed by atoms with Crippen LogP contribution >= 0.6 is 0 Å². The molecule has 0 radical (unpaired) electrons. The molecular weight excluding hydrogens is 684 g/mol. The normalized spacial score (nSPS) is 30.5. The van der Waals surface area contributed by atoms with Gasteiger partial charge in [0.2, 0.25) is 11.8 Å². The average Bonchev–Trinajstić information content (AvgIpc) is 3.93. The number of carbonyl (C=O) groups is 2. The van der Waals surface area contributed by atoms with Crippen LogP contribution in [0.25, 0.3) is 12.2 Å². The van der Waals surface area contributed by atoms with E-state index in [0.717, 1.165) is 12.8 Å². The number of hydrogen-bond donors (Lipinski definition) is 2. The maximum absolute atomic E-state index is 13.3. The molecule has 0 aromatic carbocycles. The first kappa shape index (κ1) is 40.4. The standard InChI is InChI=1S/C44H54N2O8/c1-7-15-35(47)43(3,4)37-21-13-19-31-25-29(31)17-9-12-24-40-46-34(28-52-40)42(50)54-38(44(5,6)36(48)16-8-2)22-14-20-32-26-30(32)18-10-11-23-39-45-33(27-51-39)41(49)53-37/h7-20,23-24,27-32,35-38,47-48H,21-22,25-26H2,1-6H3/b15-7+,16-8+,17-9+,18-10+,19-13-,20-14-,23-11-,24-12-/t29-,30+,31+,32?,35+,36+,37+,38+/m1/s1. The SMILES string of the molecule is C/C=C/[C@H](O)C(C)(C)[C@@H]1C/C=C\C2C[C@@H]2/C=C/C=C\c2nc(co2)C(=O)O[C@H](C(C)(C)[C@@H](O)/C=C/C)C/C=C\[C@H]2C[C@H]2/C=C/C=C\c2nc(co2)C(=O)O1. The molecule has 2 fully saturated rings. The van der Waals surface area contributed by atoms with Gasteiger partial charge in [-0.1, -0.05) is 113 Å². The topological polar surface area (TPSA) is 145 Å². The van der Waals surface area contributed by atoms with Crippen LogP contribution in [-0.2, 0) is 9.47 Å². The summed E-state index contributed by atoms with van der Waals surface area (Å²) in [6, 6.07) is 0. The van der Waals surface area contributed by atoms with E-state index < -0.39 is 47.2 Å². The maximum atomic E-state index is 13.3. The van der Waals surface area contributed by atoms with Gasteiger partial charge in [-0.3, -0.25) is 0 Å². The first-order valence-corrected chi connectivity index (χ1v) is 18.8. The Hall–Kier alpha value is -4.80. The molecule has 2 aliphatic carbocycles. The van der Waals surface area contributed by atoms with E-state index >= 15 is 0 Å². The number of aliphatic hydroxyl groups is 2. The maximum Gasteiger partial charge on any atom is 0.360 e. The Kier molecular flexibility index (Phi) is 13.5. The number of allylic oxidation sites excluding steroid dienone is 10. The zero-order chi connectivity index (χ0) is 38.9. The number of carbonyl (C=O) groups excluding carboxylic acids is 2. The third kappa shape index (κ3) is 10.7. The van der Waals surface area contributed by atoms with E-state index in [0.29, 0.717) is 36.5 Å². The summed E-state index contributed by atoms with van der Waals surface area (Å²) in [6.45, 7) is 11.2. The van der Waals surface area contributed by atoms with Crippen molar-refractivity contribution in [3.8, 4) is 0 Å². The molecule has 3 heterocycles. The lowest BCUT2D eigenvalue weighted by molar-refractivity contribution is -0.0461. The van der Waals surface area contributed by atoms with E-state index in [-0.39, 0.29) is 23.2 Å². The van der Waals surface area contributed by atoms with Gasteiger partial charge in [0, 0.05) is 35.8 Å². The molecule has 2 N–H and O–H groups in total. The Morgan fingerprint density at radius 3 is 1.43 bits per heavy atom. The van der Waals surface area contributed by atoms with Crippen LogP contribution in [0.2, 0.25) is 0 Å². The largest absolute Gasteiger partial charge is 0.457 e. The fourth-order valence-electron chi connectivity index (χ4n) is 6.34. The van der Waals surface area contributed by atoms with Crippen LogP contribution in [-0.4, -0.2) is 56.5 Å². The lowest BCUT2D eigenvalue weighted by Crippen LogP contribution is -2.42. The van der Waals surface area contributed by atoms with E-state index in [2.05, 4.69) is 34.3 Å². The molecule has 10 heteroatoms. The Bertz CT molecular complexity index is 1700. The summed E-state index contributed by atoms with van der Waals surface area (Å²) in [5, 5.41) is 21.8.